The molecule has 2 rings (SSSR count). The molecule has 0 saturated heterocycles. The zero-order valence-electron chi connectivity index (χ0n) is 13.1. The summed E-state index contributed by atoms with van der Waals surface area (Å²) in [5.74, 6) is 0.385. The van der Waals surface area contributed by atoms with Crippen molar-refractivity contribution in [3.8, 4) is 5.75 Å². The van der Waals surface area contributed by atoms with E-state index in [4.69, 9.17) is 9.84 Å². The van der Waals surface area contributed by atoms with E-state index in [9.17, 15) is 4.79 Å². The van der Waals surface area contributed by atoms with Crippen molar-refractivity contribution in [3.63, 3.8) is 0 Å². The summed E-state index contributed by atoms with van der Waals surface area (Å²) in [6.45, 7) is 2.09. The molecule has 0 aliphatic rings. The van der Waals surface area contributed by atoms with E-state index in [-0.39, 0.29) is 12.5 Å². The van der Waals surface area contributed by atoms with Crippen molar-refractivity contribution in [2.24, 2.45) is 0 Å². The predicted molar refractivity (Wildman–Crippen MR) is 90.9 cm³/mol. The lowest BCUT2D eigenvalue weighted by Gasteiger charge is -2.14. The van der Waals surface area contributed by atoms with Crippen LogP contribution in [-0.2, 0) is 11.4 Å². The van der Waals surface area contributed by atoms with Crippen LogP contribution in [0.2, 0.25) is 0 Å². The molecule has 1 amide bonds. The topological polar surface area (TPSA) is 58.6 Å². The van der Waals surface area contributed by atoms with Gasteiger partial charge in [0.25, 0.3) is 5.91 Å². The van der Waals surface area contributed by atoms with Crippen LogP contribution >= 0.6 is 0 Å². The first-order valence-corrected chi connectivity index (χ1v) is 7.55. The van der Waals surface area contributed by atoms with Crippen LogP contribution in [0.5, 0.6) is 5.75 Å². The van der Waals surface area contributed by atoms with Gasteiger partial charge in [-0.1, -0.05) is 54.6 Å². The molecule has 4 heteroatoms. The number of aliphatic hydroxyl groups excluding tert-OH is 1. The second-order valence-corrected chi connectivity index (χ2v) is 5.12. The quantitative estimate of drug-likeness (QED) is 0.826. The Morgan fingerprint density at radius 1 is 1.22 bits per heavy atom. The highest BCUT2D eigenvalue weighted by atomic mass is 16.5. The maximum atomic E-state index is 12.0. The van der Waals surface area contributed by atoms with Crippen LogP contribution in [0, 0.1) is 0 Å². The summed E-state index contributed by atoms with van der Waals surface area (Å²) >= 11 is 0. The molecular weight excluding hydrogens is 290 g/mol. The van der Waals surface area contributed by atoms with E-state index in [2.05, 4.69) is 5.32 Å². The number of ether oxygens (including phenoxy) is 1. The lowest BCUT2D eigenvalue weighted by Crippen LogP contribution is -2.36. The molecular formula is C19H21NO3. The van der Waals surface area contributed by atoms with Crippen molar-refractivity contribution in [3.05, 3.63) is 71.8 Å². The zero-order valence-corrected chi connectivity index (χ0v) is 13.1. The van der Waals surface area contributed by atoms with Gasteiger partial charge >= 0.3 is 0 Å². The Hall–Kier alpha value is -2.59. The van der Waals surface area contributed by atoms with Crippen molar-refractivity contribution < 1.29 is 14.6 Å². The fourth-order valence-corrected chi connectivity index (χ4v) is 2.04. The Balaban J connectivity index is 1.79. The minimum Gasteiger partial charge on any atom is -0.481 e. The van der Waals surface area contributed by atoms with Gasteiger partial charge in [0.2, 0.25) is 0 Å². The van der Waals surface area contributed by atoms with E-state index >= 15 is 0 Å². The summed E-state index contributed by atoms with van der Waals surface area (Å²) in [5, 5.41) is 11.9. The number of carbonyl (C=O) groups is 1. The van der Waals surface area contributed by atoms with Gasteiger partial charge in [0.15, 0.2) is 6.10 Å². The van der Waals surface area contributed by atoms with E-state index in [1.807, 2.05) is 42.5 Å². The normalized spacial score (nSPS) is 12.1. The number of hydrogen-bond donors (Lipinski definition) is 2. The largest absolute Gasteiger partial charge is 0.481 e. The van der Waals surface area contributed by atoms with Crippen molar-refractivity contribution >= 4 is 12.0 Å². The summed E-state index contributed by atoms with van der Waals surface area (Å²) in [6, 6.07) is 17.0. The maximum absolute atomic E-state index is 12.0. The number of aliphatic hydroxyl groups is 1. The zero-order chi connectivity index (χ0) is 16.5. The molecule has 0 aromatic heterocycles. The third-order valence-corrected chi connectivity index (χ3v) is 3.27. The summed E-state index contributed by atoms with van der Waals surface area (Å²) in [6.07, 6.45) is 3.25. The SMILES string of the molecule is CC(Oc1cccc(CO)c1)C(=O)NC/C=C/c1ccccc1. The van der Waals surface area contributed by atoms with Gasteiger partial charge in [0, 0.05) is 6.54 Å². The van der Waals surface area contributed by atoms with E-state index in [1.54, 1.807) is 31.2 Å². The summed E-state index contributed by atoms with van der Waals surface area (Å²) < 4.78 is 5.59. The molecule has 0 heterocycles. The summed E-state index contributed by atoms with van der Waals surface area (Å²) in [5.41, 5.74) is 1.84. The molecule has 120 valence electrons. The molecule has 0 saturated carbocycles. The number of hydrogen-bond acceptors (Lipinski definition) is 3. The first-order valence-electron chi connectivity index (χ1n) is 7.55. The third-order valence-electron chi connectivity index (χ3n) is 3.27. The predicted octanol–water partition coefficient (Wildman–Crippen LogP) is 2.78. The fraction of sp³-hybridized carbons (Fsp3) is 0.211. The average Bonchev–Trinajstić information content (AvgIpc) is 2.59. The lowest BCUT2D eigenvalue weighted by molar-refractivity contribution is -0.127. The molecule has 0 bridgehead atoms. The van der Waals surface area contributed by atoms with Gasteiger partial charge < -0.3 is 15.2 Å². The molecule has 2 aromatic carbocycles. The standard InChI is InChI=1S/C19H21NO3/c1-15(23-18-11-5-9-17(13-18)14-21)19(22)20-12-6-10-16-7-3-2-4-8-16/h2-11,13,15,21H,12,14H2,1H3,(H,20,22)/b10-6+. The van der Waals surface area contributed by atoms with Crippen LogP contribution in [0.3, 0.4) is 0 Å². The summed E-state index contributed by atoms with van der Waals surface area (Å²) in [7, 11) is 0. The van der Waals surface area contributed by atoms with Gasteiger partial charge in [-0.3, -0.25) is 4.79 Å². The van der Waals surface area contributed by atoms with Crippen LogP contribution in [0.4, 0.5) is 0 Å². The van der Waals surface area contributed by atoms with Crippen molar-refractivity contribution in [2.75, 3.05) is 6.54 Å². The number of benzene rings is 2. The van der Waals surface area contributed by atoms with E-state index in [0.29, 0.717) is 12.3 Å². The van der Waals surface area contributed by atoms with Crippen LogP contribution in [0.1, 0.15) is 18.1 Å². The molecule has 1 atom stereocenters. The van der Waals surface area contributed by atoms with Crippen molar-refractivity contribution in [2.45, 2.75) is 19.6 Å². The van der Waals surface area contributed by atoms with Crippen LogP contribution in [-0.4, -0.2) is 23.7 Å². The first-order chi connectivity index (χ1) is 11.2. The van der Waals surface area contributed by atoms with Gasteiger partial charge in [-0.05, 0) is 30.2 Å². The Labute approximate surface area is 136 Å². The number of nitrogens with one attached hydrogen (secondary N) is 1. The molecule has 0 fully saturated rings. The Kier molecular flexibility index (Phi) is 6.39. The van der Waals surface area contributed by atoms with Crippen molar-refractivity contribution in [1.29, 1.82) is 0 Å². The Morgan fingerprint density at radius 2 is 2.00 bits per heavy atom. The highest BCUT2D eigenvalue weighted by molar-refractivity contribution is 5.80. The molecule has 2 N–H and O–H groups in total. The molecule has 0 spiro atoms. The van der Waals surface area contributed by atoms with E-state index in [0.717, 1.165) is 11.1 Å². The van der Waals surface area contributed by atoms with Gasteiger partial charge in [-0.25, -0.2) is 0 Å². The second kappa shape index (κ2) is 8.76. The fourth-order valence-electron chi connectivity index (χ4n) is 2.04. The monoisotopic (exact) mass is 311 g/mol. The average molecular weight is 311 g/mol. The second-order valence-electron chi connectivity index (χ2n) is 5.12. The maximum Gasteiger partial charge on any atom is 0.261 e. The number of rotatable bonds is 7. The molecule has 4 nitrogen and oxygen atoms in total. The van der Waals surface area contributed by atoms with E-state index in [1.165, 1.54) is 0 Å². The molecule has 23 heavy (non-hydrogen) atoms. The van der Waals surface area contributed by atoms with Gasteiger partial charge in [-0.15, -0.1) is 0 Å². The van der Waals surface area contributed by atoms with Crippen LogP contribution in [0.15, 0.2) is 60.7 Å². The Morgan fingerprint density at radius 3 is 2.74 bits per heavy atom. The summed E-state index contributed by atoms with van der Waals surface area (Å²) in [4.78, 5) is 12.0. The van der Waals surface area contributed by atoms with Crippen LogP contribution < -0.4 is 10.1 Å². The molecule has 0 aliphatic heterocycles. The number of amides is 1. The molecule has 0 aliphatic carbocycles. The van der Waals surface area contributed by atoms with Crippen molar-refractivity contribution in [1.82, 2.24) is 5.32 Å². The smallest absolute Gasteiger partial charge is 0.261 e. The highest BCUT2D eigenvalue weighted by Crippen LogP contribution is 2.15. The Bertz CT molecular complexity index is 653. The minimum atomic E-state index is -0.603. The third kappa shape index (κ3) is 5.60. The lowest BCUT2D eigenvalue weighted by atomic mass is 10.2. The first kappa shape index (κ1) is 16.8. The van der Waals surface area contributed by atoms with Crippen LogP contribution in [0.25, 0.3) is 6.08 Å². The van der Waals surface area contributed by atoms with E-state index < -0.39 is 6.10 Å². The van der Waals surface area contributed by atoms with Gasteiger partial charge in [-0.2, -0.15) is 0 Å². The molecule has 0 radical (unpaired) electrons. The minimum absolute atomic E-state index is 0.0535. The van der Waals surface area contributed by atoms with Gasteiger partial charge in [0.05, 0.1) is 6.61 Å². The molecule has 1 unspecified atom stereocenters. The highest BCUT2D eigenvalue weighted by Gasteiger charge is 2.13. The van der Waals surface area contributed by atoms with Gasteiger partial charge in [0.1, 0.15) is 5.75 Å². The number of carbonyl (C=O) groups excluding carboxylic acids is 1. The molecule has 2 aromatic rings.